The summed E-state index contributed by atoms with van der Waals surface area (Å²) in [4.78, 5) is 6.87. The highest BCUT2D eigenvalue weighted by Crippen LogP contribution is 2.52. The standard InChI is InChI=1S/C56H36N2OS/c1-56(2)49-18-8-7-16-41(49)42-23-21-36(29-50(42)56)58(35-22-25-53-47(28-35)46-27-33(20-24-52(46)59-53)34-11-10-26-57-32-34)51-19-9-17-43-48-30-44-39-14-5-3-12-37(39)38-13-4-6-15-40(38)45(44)31-54(48)60-55(43)51/h3-32H,1-2H3. The lowest BCUT2D eigenvalue weighted by molar-refractivity contribution is 0.660. The second-order valence-corrected chi connectivity index (χ2v) is 17.8. The molecule has 0 atom stereocenters. The molecule has 0 saturated carbocycles. The minimum Gasteiger partial charge on any atom is -0.456 e. The molecule has 282 valence electrons. The van der Waals surface area contributed by atoms with Crippen LogP contribution < -0.4 is 4.90 Å². The number of furan rings is 1. The molecule has 60 heavy (non-hydrogen) atoms. The summed E-state index contributed by atoms with van der Waals surface area (Å²) in [5, 5.41) is 12.5. The summed E-state index contributed by atoms with van der Waals surface area (Å²) in [5.41, 5.74) is 12.5. The summed E-state index contributed by atoms with van der Waals surface area (Å²) < 4.78 is 9.04. The molecule has 3 aromatic heterocycles. The molecular formula is C56H36N2OS. The van der Waals surface area contributed by atoms with E-state index in [-0.39, 0.29) is 5.41 Å². The van der Waals surface area contributed by atoms with Crippen LogP contribution in [0.3, 0.4) is 0 Å². The second-order valence-electron chi connectivity index (χ2n) is 16.7. The van der Waals surface area contributed by atoms with Crippen LogP contribution in [0.15, 0.2) is 187 Å². The maximum atomic E-state index is 6.49. The van der Waals surface area contributed by atoms with Gasteiger partial charge in [0.05, 0.1) is 10.4 Å². The molecule has 0 unspecified atom stereocenters. The molecule has 0 radical (unpaired) electrons. The molecule has 12 aromatic rings. The van der Waals surface area contributed by atoms with E-state index in [2.05, 4.69) is 188 Å². The van der Waals surface area contributed by atoms with E-state index in [1.54, 1.807) is 0 Å². The van der Waals surface area contributed by atoms with Gasteiger partial charge < -0.3 is 9.32 Å². The highest BCUT2D eigenvalue weighted by atomic mass is 32.1. The van der Waals surface area contributed by atoms with E-state index < -0.39 is 0 Å². The summed E-state index contributed by atoms with van der Waals surface area (Å²) in [5.74, 6) is 0. The van der Waals surface area contributed by atoms with Crippen molar-refractivity contribution in [3.05, 3.63) is 193 Å². The topological polar surface area (TPSA) is 29.3 Å². The van der Waals surface area contributed by atoms with Crippen LogP contribution in [-0.4, -0.2) is 4.98 Å². The smallest absolute Gasteiger partial charge is 0.135 e. The summed E-state index contributed by atoms with van der Waals surface area (Å²) in [6.45, 7) is 4.72. The van der Waals surface area contributed by atoms with Crippen molar-refractivity contribution in [2.75, 3.05) is 4.90 Å². The van der Waals surface area contributed by atoms with Gasteiger partial charge in [-0.05, 0) is 127 Å². The van der Waals surface area contributed by atoms with Gasteiger partial charge >= 0.3 is 0 Å². The molecule has 3 heterocycles. The van der Waals surface area contributed by atoms with E-state index >= 15 is 0 Å². The molecule has 0 N–H and O–H groups in total. The SMILES string of the molecule is CC1(C)c2ccccc2-c2ccc(N(c3ccc4oc5ccc(-c6cccnc6)cc5c4c3)c3cccc4c3sc3cc5c6ccccc6c6ccccc6c5cc34)cc21. The fraction of sp³-hybridized carbons (Fsp3) is 0.0536. The summed E-state index contributed by atoms with van der Waals surface area (Å²) >= 11 is 1.89. The number of aromatic nitrogens is 1. The van der Waals surface area contributed by atoms with Gasteiger partial charge in [0.2, 0.25) is 0 Å². The van der Waals surface area contributed by atoms with E-state index in [1.165, 1.54) is 74.7 Å². The van der Waals surface area contributed by atoms with Gasteiger partial charge in [-0.3, -0.25) is 4.98 Å². The molecule has 0 amide bonds. The van der Waals surface area contributed by atoms with Crippen LogP contribution in [0.1, 0.15) is 25.0 Å². The van der Waals surface area contributed by atoms with E-state index in [1.807, 2.05) is 29.8 Å². The number of pyridine rings is 1. The normalized spacial score (nSPS) is 13.3. The summed E-state index contributed by atoms with van der Waals surface area (Å²) in [6, 6.07) is 62.7. The molecule has 0 bridgehead atoms. The van der Waals surface area contributed by atoms with Gasteiger partial charge in [-0.2, -0.15) is 0 Å². The van der Waals surface area contributed by atoms with Crippen LogP contribution in [0.4, 0.5) is 17.1 Å². The highest BCUT2D eigenvalue weighted by Gasteiger charge is 2.36. The fourth-order valence-electron chi connectivity index (χ4n) is 10.2. The maximum absolute atomic E-state index is 6.49. The van der Waals surface area contributed by atoms with Crippen molar-refractivity contribution in [1.82, 2.24) is 4.98 Å². The monoisotopic (exact) mass is 784 g/mol. The quantitative estimate of drug-likeness (QED) is 0.166. The van der Waals surface area contributed by atoms with Crippen LogP contribution in [-0.2, 0) is 5.41 Å². The number of thiophene rings is 1. The van der Waals surface area contributed by atoms with Gasteiger partial charge in [0.1, 0.15) is 11.2 Å². The Bertz CT molecular complexity index is 3760. The van der Waals surface area contributed by atoms with Gasteiger partial charge in [-0.25, -0.2) is 0 Å². The highest BCUT2D eigenvalue weighted by molar-refractivity contribution is 7.26. The Morgan fingerprint density at radius 2 is 1.12 bits per heavy atom. The van der Waals surface area contributed by atoms with Crippen molar-refractivity contribution in [1.29, 1.82) is 0 Å². The third-order valence-electron chi connectivity index (χ3n) is 13.1. The van der Waals surface area contributed by atoms with Crippen LogP contribution in [0, 0.1) is 0 Å². The van der Waals surface area contributed by atoms with Crippen molar-refractivity contribution in [2.45, 2.75) is 19.3 Å². The summed E-state index contributed by atoms with van der Waals surface area (Å²) in [6.07, 6.45) is 3.74. The first-order valence-corrected chi connectivity index (χ1v) is 21.4. The number of hydrogen-bond acceptors (Lipinski definition) is 4. The van der Waals surface area contributed by atoms with Gasteiger partial charge in [-0.1, -0.05) is 117 Å². The van der Waals surface area contributed by atoms with Gasteiger partial charge in [0.15, 0.2) is 0 Å². The molecule has 1 aliphatic carbocycles. The van der Waals surface area contributed by atoms with Crippen LogP contribution in [0.2, 0.25) is 0 Å². The Balaban J connectivity index is 1.07. The average molecular weight is 785 g/mol. The first-order valence-electron chi connectivity index (χ1n) is 20.6. The maximum Gasteiger partial charge on any atom is 0.135 e. The van der Waals surface area contributed by atoms with E-state index in [0.29, 0.717) is 0 Å². The number of anilines is 3. The molecule has 3 nitrogen and oxygen atoms in total. The zero-order valence-electron chi connectivity index (χ0n) is 33.0. The lowest BCUT2D eigenvalue weighted by Gasteiger charge is -2.28. The molecule has 0 fully saturated rings. The Morgan fingerprint density at radius 1 is 0.467 bits per heavy atom. The largest absolute Gasteiger partial charge is 0.456 e. The lowest BCUT2D eigenvalue weighted by atomic mass is 9.82. The van der Waals surface area contributed by atoms with Crippen molar-refractivity contribution in [3.63, 3.8) is 0 Å². The van der Waals surface area contributed by atoms with E-state index in [0.717, 1.165) is 50.1 Å². The van der Waals surface area contributed by atoms with Crippen molar-refractivity contribution < 1.29 is 4.42 Å². The number of fused-ring (bicyclic) bond motifs is 15. The molecule has 9 aromatic carbocycles. The summed E-state index contributed by atoms with van der Waals surface area (Å²) in [7, 11) is 0. The molecule has 0 aliphatic heterocycles. The van der Waals surface area contributed by atoms with E-state index in [9.17, 15) is 0 Å². The molecule has 0 spiro atoms. The zero-order chi connectivity index (χ0) is 39.7. The van der Waals surface area contributed by atoms with Gasteiger partial charge in [0, 0.05) is 61.0 Å². The third kappa shape index (κ3) is 4.74. The molecule has 13 rings (SSSR count). The number of hydrogen-bond donors (Lipinski definition) is 0. The first-order chi connectivity index (χ1) is 29.5. The Morgan fingerprint density at radius 3 is 1.90 bits per heavy atom. The number of nitrogens with zero attached hydrogens (tertiary/aromatic N) is 2. The van der Waals surface area contributed by atoms with Gasteiger partial charge in [-0.15, -0.1) is 11.3 Å². The minimum atomic E-state index is -0.143. The van der Waals surface area contributed by atoms with Crippen LogP contribution in [0.5, 0.6) is 0 Å². The molecule has 0 saturated heterocycles. The van der Waals surface area contributed by atoms with Crippen LogP contribution in [0.25, 0.3) is 96.7 Å². The average Bonchev–Trinajstić information content (AvgIpc) is 3.93. The zero-order valence-corrected chi connectivity index (χ0v) is 33.8. The first kappa shape index (κ1) is 33.7. The van der Waals surface area contributed by atoms with E-state index in [4.69, 9.17) is 4.42 Å². The van der Waals surface area contributed by atoms with Crippen LogP contribution >= 0.6 is 11.3 Å². The minimum absolute atomic E-state index is 0.143. The van der Waals surface area contributed by atoms with Crippen molar-refractivity contribution >= 4 is 103 Å². The number of benzene rings is 9. The van der Waals surface area contributed by atoms with Crippen molar-refractivity contribution in [3.8, 4) is 22.3 Å². The Hall–Kier alpha value is -7.27. The fourth-order valence-corrected chi connectivity index (χ4v) is 11.5. The predicted molar refractivity (Wildman–Crippen MR) is 255 cm³/mol. The molecule has 1 aliphatic rings. The molecular weight excluding hydrogens is 749 g/mol. The Kier molecular flexibility index (Phi) is 6.94. The van der Waals surface area contributed by atoms with Gasteiger partial charge in [0.25, 0.3) is 0 Å². The number of rotatable bonds is 4. The molecule has 4 heteroatoms. The van der Waals surface area contributed by atoms with Crippen molar-refractivity contribution in [2.24, 2.45) is 0 Å². The predicted octanol–water partition coefficient (Wildman–Crippen LogP) is 16.3. The third-order valence-corrected chi connectivity index (χ3v) is 14.3. The second kappa shape index (κ2) is 12.4. The Labute approximate surface area is 350 Å². The lowest BCUT2D eigenvalue weighted by Crippen LogP contribution is -2.16.